The monoisotopic (exact) mass is 297 g/mol. The van der Waals surface area contributed by atoms with E-state index in [1.165, 1.54) is 0 Å². The van der Waals surface area contributed by atoms with Crippen LogP contribution in [0.4, 0.5) is 10.6 Å². The van der Waals surface area contributed by atoms with Crippen LogP contribution in [0.2, 0.25) is 5.02 Å². The van der Waals surface area contributed by atoms with Gasteiger partial charge in [0.25, 0.3) is 0 Å². The van der Waals surface area contributed by atoms with Gasteiger partial charge in [-0.1, -0.05) is 23.8 Å². The lowest BCUT2D eigenvalue weighted by atomic mass is 10.2. The average Bonchev–Trinajstić information content (AvgIpc) is 2.28. The van der Waals surface area contributed by atoms with Crippen LogP contribution < -0.4 is 11.1 Å². The highest BCUT2D eigenvalue weighted by atomic mass is 35.5. The number of nitrogens with one attached hydrogen (secondary N) is 1. The first-order chi connectivity index (χ1) is 9.28. The van der Waals surface area contributed by atoms with Crippen LogP contribution in [-0.2, 0) is 4.74 Å². The van der Waals surface area contributed by atoms with Gasteiger partial charge >= 0.3 is 6.09 Å². The fourth-order valence-corrected chi connectivity index (χ4v) is 1.58. The molecular weight excluding hydrogens is 278 g/mol. The maximum absolute atomic E-state index is 11.4. The number of ether oxygens (including phenoxy) is 1. The summed E-state index contributed by atoms with van der Waals surface area (Å²) in [5.41, 5.74) is 5.81. The minimum Gasteiger partial charge on any atom is -0.444 e. The number of rotatable bonds is 4. The van der Waals surface area contributed by atoms with Crippen molar-refractivity contribution in [2.45, 2.75) is 32.8 Å². The van der Waals surface area contributed by atoms with E-state index in [0.717, 1.165) is 5.56 Å². The molecule has 0 aromatic carbocycles. The molecule has 3 N–H and O–H groups in total. The Morgan fingerprint density at radius 1 is 1.55 bits per heavy atom. The van der Waals surface area contributed by atoms with E-state index >= 15 is 0 Å². The summed E-state index contributed by atoms with van der Waals surface area (Å²) in [7, 11) is 0. The van der Waals surface area contributed by atoms with E-state index in [2.05, 4.69) is 10.3 Å². The van der Waals surface area contributed by atoms with E-state index in [-0.39, 0.29) is 0 Å². The number of halogens is 1. The third-order valence-corrected chi connectivity index (χ3v) is 2.51. The van der Waals surface area contributed by atoms with Gasteiger partial charge in [0.2, 0.25) is 0 Å². The molecule has 0 saturated carbocycles. The zero-order valence-corrected chi connectivity index (χ0v) is 12.7. The summed E-state index contributed by atoms with van der Waals surface area (Å²) >= 11 is 6.00. The predicted molar refractivity (Wildman–Crippen MR) is 81.5 cm³/mol. The zero-order chi connectivity index (χ0) is 15.2. The minimum absolute atomic E-state index is 0.388. The van der Waals surface area contributed by atoms with Gasteiger partial charge in [0, 0.05) is 18.3 Å². The first-order valence-corrected chi connectivity index (χ1v) is 6.70. The summed E-state index contributed by atoms with van der Waals surface area (Å²) in [6.07, 6.45) is 5.59. The van der Waals surface area contributed by atoms with E-state index in [4.69, 9.17) is 22.1 Å². The van der Waals surface area contributed by atoms with Crippen molar-refractivity contribution >= 4 is 29.6 Å². The summed E-state index contributed by atoms with van der Waals surface area (Å²) < 4.78 is 5.12. The molecule has 0 fully saturated rings. The second-order valence-electron chi connectivity index (χ2n) is 5.25. The average molecular weight is 298 g/mol. The van der Waals surface area contributed by atoms with Crippen LogP contribution in [0.15, 0.2) is 18.3 Å². The molecule has 6 heteroatoms. The third-order valence-electron chi connectivity index (χ3n) is 2.18. The third kappa shape index (κ3) is 6.43. The van der Waals surface area contributed by atoms with Gasteiger partial charge in [-0.05, 0) is 33.3 Å². The molecule has 1 rings (SSSR count). The number of amides is 1. The second-order valence-corrected chi connectivity index (χ2v) is 5.66. The summed E-state index contributed by atoms with van der Waals surface area (Å²) in [5.74, 6) is 0.388. The van der Waals surface area contributed by atoms with E-state index in [9.17, 15) is 4.79 Å². The molecule has 0 radical (unpaired) electrons. The number of hydrogen-bond acceptors (Lipinski definition) is 4. The van der Waals surface area contributed by atoms with E-state index in [0.29, 0.717) is 23.8 Å². The first kappa shape index (κ1) is 16.3. The van der Waals surface area contributed by atoms with Crippen molar-refractivity contribution in [2.75, 3.05) is 12.3 Å². The van der Waals surface area contributed by atoms with Crippen molar-refractivity contribution in [3.8, 4) is 0 Å². The lowest BCUT2D eigenvalue weighted by molar-refractivity contribution is 0.0529. The highest BCUT2D eigenvalue weighted by Crippen LogP contribution is 2.18. The highest BCUT2D eigenvalue weighted by Gasteiger charge is 2.15. The van der Waals surface area contributed by atoms with Gasteiger partial charge in [-0.25, -0.2) is 9.78 Å². The molecule has 1 aromatic rings. The molecule has 20 heavy (non-hydrogen) atoms. The summed E-state index contributed by atoms with van der Waals surface area (Å²) in [5, 5.41) is 3.22. The standard InChI is InChI=1S/C14H20ClN3O2/c1-14(2,3)20-13(19)17-7-5-4-6-10-9-18-12(16)8-11(10)15/h4,6,8-9H,5,7H2,1-3H3,(H2,16,18)(H,17,19). The SMILES string of the molecule is CC(C)(C)OC(=O)NCCC=Cc1cnc(N)cc1Cl. The lowest BCUT2D eigenvalue weighted by Gasteiger charge is -2.19. The Labute approximate surface area is 124 Å². The highest BCUT2D eigenvalue weighted by molar-refractivity contribution is 6.32. The van der Waals surface area contributed by atoms with Crippen LogP contribution in [0, 0.1) is 0 Å². The molecule has 1 amide bonds. The van der Waals surface area contributed by atoms with Gasteiger partial charge in [-0.3, -0.25) is 0 Å². The van der Waals surface area contributed by atoms with Crippen molar-refractivity contribution in [3.63, 3.8) is 0 Å². The predicted octanol–water partition coefficient (Wildman–Crippen LogP) is 3.25. The number of carbonyl (C=O) groups is 1. The van der Waals surface area contributed by atoms with Crippen molar-refractivity contribution < 1.29 is 9.53 Å². The second kappa shape index (κ2) is 7.14. The molecule has 110 valence electrons. The van der Waals surface area contributed by atoms with Gasteiger partial charge in [0.1, 0.15) is 11.4 Å². The van der Waals surface area contributed by atoms with Crippen molar-refractivity contribution in [1.82, 2.24) is 10.3 Å². The molecular formula is C14H20ClN3O2. The van der Waals surface area contributed by atoms with Crippen LogP contribution in [0.5, 0.6) is 0 Å². The molecule has 5 nitrogen and oxygen atoms in total. The Morgan fingerprint density at radius 3 is 2.85 bits per heavy atom. The molecule has 0 bridgehead atoms. The van der Waals surface area contributed by atoms with Crippen LogP contribution >= 0.6 is 11.6 Å². The fourth-order valence-electron chi connectivity index (χ4n) is 1.36. The maximum atomic E-state index is 11.4. The molecule has 0 spiro atoms. The number of anilines is 1. The summed E-state index contributed by atoms with van der Waals surface area (Å²) in [6, 6.07) is 1.60. The number of hydrogen-bond donors (Lipinski definition) is 2. The van der Waals surface area contributed by atoms with Crippen molar-refractivity contribution in [3.05, 3.63) is 28.9 Å². The van der Waals surface area contributed by atoms with Gasteiger partial charge in [0.15, 0.2) is 0 Å². The Kier molecular flexibility index (Phi) is 5.82. The topological polar surface area (TPSA) is 77.2 Å². The Balaban J connectivity index is 2.34. The van der Waals surface area contributed by atoms with Crippen LogP contribution in [-0.4, -0.2) is 23.2 Å². The quantitative estimate of drug-likeness (QED) is 0.836. The molecule has 0 atom stereocenters. The molecule has 1 aromatic heterocycles. The van der Waals surface area contributed by atoms with Crippen LogP contribution in [0.1, 0.15) is 32.8 Å². The molecule has 0 saturated heterocycles. The largest absolute Gasteiger partial charge is 0.444 e. The Morgan fingerprint density at radius 2 is 2.25 bits per heavy atom. The number of pyridine rings is 1. The molecule has 0 aliphatic heterocycles. The van der Waals surface area contributed by atoms with Gasteiger partial charge in [-0.15, -0.1) is 0 Å². The smallest absolute Gasteiger partial charge is 0.407 e. The van der Waals surface area contributed by atoms with Crippen molar-refractivity contribution in [1.29, 1.82) is 0 Å². The molecule has 0 aliphatic carbocycles. The van der Waals surface area contributed by atoms with E-state index < -0.39 is 11.7 Å². The molecule has 0 unspecified atom stereocenters. The lowest BCUT2D eigenvalue weighted by Crippen LogP contribution is -2.32. The first-order valence-electron chi connectivity index (χ1n) is 6.32. The van der Waals surface area contributed by atoms with Gasteiger partial charge in [0.05, 0.1) is 5.02 Å². The van der Waals surface area contributed by atoms with E-state index in [1.807, 2.05) is 32.9 Å². The molecule has 0 aliphatic rings. The fraction of sp³-hybridized carbons (Fsp3) is 0.429. The normalized spacial score (nSPS) is 11.6. The number of alkyl carbamates (subject to hydrolysis) is 1. The molecule has 1 heterocycles. The maximum Gasteiger partial charge on any atom is 0.407 e. The minimum atomic E-state index is -0.483. The Hall–Kier alpha value is -1.75. The van der Waals surface area contributed by atoms with Crippen molar-refractivity contribution in [2.24, 2.45) is 0 Å². The van der Waals surface area contributed by atoms with Gasteiger partial charge in [-0.2, -0.15) is 0 Å². The number of nitrogen functional groups attached to an aromatic ring is 1. The van der Waals surface area contributed by atoms with E-state index in [1.54, 1.807) is 12.3 Å². The van der Waals surface area contributed by atoms with Gasteiger partial charge < -0.3 is 15.8 Å². The van der Waals surface area contributed by atoms with Crippen LogP contribution in [0.25, 0.3) is 6.08 Å². The number of carbonyl (C=O) groups excluding carboxylic acids is 1. The number of nitrogens with two attached hydrogens (primary N) is 1. The number of aromatic nitrogens is 1. The Bertz CT molecular complexity index is 496. The summed E-state index contributed by atoms with van der Waals surface area (Å²) in [6.45, 7) is 5.96. The van der Waals surface area contributed by atoms with Crippen LogP contribution in [0.3, 0.4) is 0 Å². The number of nitrogens with zero attached hydrogens (tertiary/aromatic N) is 1. The zero-order valence-electron chi connectivity index (χ0n) is 11.9. The summed E-state index contributed by atoms with van der Waals surface area (Å²) in [4.78, 5) is 15.3.